The standard InChI is InChI=1S/C48H28N4/c49-29-31-17-21-33(22-18-31)46-28-47(34-23-19-32(30-50)20-24-34)52-48(51-46)35-25-26-44-42-15-6-5-13-40(42)38-11-2-1-9-36(38)37-10-3-4-12-39(37)41-14-7-8-16-43(41)45(44)27-35/h1-28H. The van der Waals surface area contributed by atoms with E-state index in [1.54, 1.807) is 24.3 Å². The van der Waals surface area contributed by atoms with Crippen LogP contribution in [0.4, 0.5) is 0 Å². The third-order valence-corrected chi connectivity index (χ3v) is 9.78. The zero-order chi connectivity index (χ0) is 35.0. The van der Waals surface area contributed by atoms with Gasteiger partial charge in [-0.2, -0.15) is 10.5 Å². The summed E-state index contributed by atoms with van der Waals surface area (Å²) in [4.78, 5) is 10.3. The number of nitriles is 2. The lowest BCUT2D eigenvalue weighted by molar-refractivity contribution is 1.18. The molecule has 0 N–H and O–H groups in total. The van der Waals surface area contributed by atoms with Crippen molar-refractivity contribution in [1.29, 1.82) is 10.5 Å². The molecule has 9 rings (SSSR count). The van der Waals surface area contributed by atoms with Crippen LogP contribution in [-0.2, 0) is 0 Å². The van der Waals surface area contributed by atoms with Crippen LogP contribution in [0.25, 0.3) is 87.8 Å². The molecule has 0 saturated heterocycles. The maximum atomic E-state index is 9.43. The summed E-state index contributed by atoms with van der Waals surface area (Å²) in [5, 5.41) is 30.4. The van der Waals surface area contributed by atoms with Gasteiger partial charge in [0.1, 0.15) is 0 Å². The highest BCUT2D eigenvalue weighted by Gasteiger charge is 2.14. The molecule has 0 radical (unpaired) electrons. The van der Waals surface area contributed by atoms with Gasteiger partial charge in [-0.15, -0.1) is 0 Å². The van der Waals surface area contributed by atoms with Gasteiger partial charge in [0.25, 0.3) is 0 Å². The molecule has 4 heteroatoms. The van der Waals surface area contributed by atoms with Crippen molar-refractivity contribution in [2.24, 2.45) is 0 Å². The van der Waals surface area contributed by atoms with E-state index in [9.17, 15) is 10.5 Å². The number of rotatable bonds is 3. The van der Waals surface area contributed by atoms with Crippen LogP contribution >= 0.6 is 0 Å². The van der Waals surface area contributed by atoms with E-state index in [1.807, 2.05) is 30.3 Å². The fraction of sp³-hybridized carbons (Fsp3) is 0. The van der Waals surface area contributed by atoms with E-state index >= 15 is 0 Å². The Kier molecular flexibility index (Phi) is 7.55. The number of fused-ring (bicyclic) bond motifs is 10. The van der Waals surface area contributed by atoms with Crippen LogP contribution in [0.5, 0.6) is 0 Å². The first kappa shape index (κ1) is 30.6. The van der Waals surface area contributed by atoms with E-state index in [4.69, 9.17) is 9.97 Å². The van der Waals surface area contributed by atoms with Crippen molar-refractivity contribution < 1.29 is 0 Å². The summed E-state index contributed by atoms with van der Waals surface area (Å²) in [5.41, 5.74) is 5.29. The molecule has 0 spiro atoms. The highest BCUT2D eigenvalue weighted by atomic mass is 14.9. The first-order valence-corrected chi connectivity index (χ1v) is 17.1. The molecule has 0 amide bonds. The van der Waals surface area contributed by atoms with E-state index < -0.39 is 0 Å². The second kappa shape index (κ2) is 12.8. The molecular weight excluding hydrogens is 633 g/mol. The predicted octanol–water partition coefficient (Wildman–Crippen LogP) is 12.1. The summed E-state index contributed by atoms with van der Waals surface area (Å²) in [6.45, 7) is 0. The Balaban J connectivity index is 1.41. The van der Waals surface area contributed by atoms with E-state index in [0.717, 1.165) is 55.0 Å². The van der Waals surface area contributed by atoms with E-state index in [-0.39, 0.29) is 0 Å². The van der Waals surface area contributed by atoms with E-state index in [1.165, 1.54) is 26.9 Å². The number of nitrogens with zero attached hydrogens (tertiary/aromatic N) is 4. The smallest absolute Gasteiger partial charge is 0.160 e. The zero-order valence-corrected chi connectivity index (χ0v) is 28.0. The molecule has 1 heterocycles. The summed E-state index contributed by atoms with van der Waals surface area (Å²) in [6, 6.07) is 62.5. The fourth-order valence-electron chi connectivity index (χ4n) is 7.26. The summed E-state index contributed by atoms with van der Waals surface area (Å²) in [7, 11) is 0. The maximum absolute atomic E-state index is 9.43. The number of aromatic nitrogens is 2. The van der Waals surface area contributed by atoms with Gasteiger partial charge < -0.3 is 0 Å². The lowest BCUT2D eigenvalue weighted by Crippen LogP contribution is -1.96. The van der Waals surface area contributed by atoms with Crippen LogP contribution in [-0.4, -0.2) is 9.97 Å². The number of hydrogen-bond donors (Lipinski definition) is 0. The average Bonchev–Trinajstić information content (AvgIpc) is 3.23. The predicted molar refractivity (Wildman–Crippen MR) is 213 cm³/mol. The fourth-order valence-corrected chi connectivity index (χ4v) is 7.26. The molecule has 240 valence electrons. The van der Waals surface area contributed by atoms with E-state index in [0.29, 0.717) is 17.0 Å². The van der Waals surface area contributed by atoms with Gasteiger partial charge in [-0.25, -0.2) is 9.97 Å². The molecular formula is C48H28N4. The summed E-state index contributed by atoms with van der Waals surface area (Å²) >= 11 is 0. The molecule has 0 bridgehead atoms. The minimum absolute atomic E-state index is 0.581. The Labute approximate surface area is 300 Å². The SMILES string of the molecule is N#Cc1ccc(-c2cc(-c3ccc(C#N)cc3)nc(-c3ccc4c5ccccc5c5ccccc5c5ccccc5c5ccccc5c4c3)n2)cc1. The lowest BCUT2D eigenvalue weighted by atomic mass is 9.93. The van der Waals surface area contributed by atoms with Crippen molar-refractivity contribution in [2.75, 3.05) is 0 Å². The quantitative estimate of drug-likeness (QED) is 0.189. The third-order valence-electron chi connectivity index (χ3n) is 9.78. The Hall–Kier alpha value is -7.40. The third kappa shape index (κ3) is 5.33. The van der Waals surface area contributed by atoms with Crippen LogP contribution in [0.3, 0.4) is 0 Å². The Morgan fingerprint density at radius 2 is 0.615 bits per heavy atom. The molecule has 0 fully saturated rings. The van der Waals surface area contributed by atoms with Crippen LogP contribution in [0.15, 0.2) is 170 Å². The molecule has 0 aliphatic rings. The molecule has 9 aromatic rings. The molecule has 0 saturated carbocycles. The largest absolute Gasteiger partial charge is 0.228 e. The van der Waals surface area contributed by atoms with Gasteiger partial charge in [-0.1, -0.05) is 133 Å². The highest BCUT2D eigenvalue weighted by molar-refractivity contribution is 6.26. The average molecular weight is 661 g/mol. The van der Waals surface area contributed by atoms with Crippen molar-refractivity contribution in [3.63, 3.8) is 0 Å². The molecule has 0 unspecified atom stereocenters. The molecule has 0 atom stereocenters. The molecule has 0 aliphatic carbocycles. The number of benzene rings is 7. The van der Waals surface area contributed by atoms with Gasteiger partial charge in [0.15, 0.2) is 5.82 Å². The lowest BCUT2D eigenvalue weighted by Gasteiger charge is -2.12. The topological polar surface area (TPSA) is 73.4 Å². The Morgan fingerprint density at radius 3 is 0.962 bits per heavy atom. The molecule has 0 aliphatic heterocycles. The summed E-state index contributed by atoms with van der Waals surface area (Å²) in [6.07, 6.45) is 0. The summed E-state index contributed by atoms with van der Waals surface area (Å²) in [5.74, 6) is 0.581. The van der Waals surface area contributed by atoms with Crippen LogP contribution in [0, 0.1) is 22.7 Å². The zero-order valence-electron chi connectivity index (χ0n) is 28.0. The second-order valence-corrected chi connectivity index (χ2v) is 12.8. The van der Waals surface area contributed by atoms with Crippen LogP contribution < -0.4 is 0 Å². The van der Waals surface area contributed by atoms with Crippen molar-refractivity contribution >= 4 is 53.9 Å². The Bertz CT molecular complexity index is 2870. The molecule has 4 nitrogen and oxygen atoms in total. The van der Waals surface area contributed by atoms with Gasteiger partial charge in [-0.05, 0) is 90.3 Å². The minimum atomic E-state index is 0.581. The normalized spacial score (nSPS) is 11.0. The van der Waals surface area contributed by atoms with Crippen LogP contribution in [0.1, 0.15) is 11.1 Å². The first-order valence-electron chi connectivity index (χ1n) is 17.1. The second-order valence-electron chi connectivity index (χ2n) is 12.8. The molecule has 1 aromatic heterocycles. The van der Waals surface area contributed by atoms with E-state index in [2.05, 4.69) is 127 Å². The van der Waals surface area contributed by atoms with Crippen LogP contribution in [0.2, 0.25) is 0 Å². The van der Waals surface area contributed by atoms with Gasteiger partial charge in [0.2, 0.25) is 0 Å². The number of hydrogen-bond acceptors (Lipinski definition) is 4. The van der Waals surface area contributed by atoms with Crippen molar-refractivity contribution in [2.45, 2.75) is 0 Å². The van der Waals surface area contributed by atoms with Gasteiger partial charge in [0, 0.05) is 16.7 Å². The summed E-state index contributed by atoms with van der Waals surface area (Å²) < 4.78 is 0. The Morgan fingerprint density at radius 1 is 0.308 bits per heavy atom. The van der Waals surface area contributed by atoms with Crippen molar-refractivity contribution in [1.82, 2.24) is 9.97 Å². The van der Waals surface area contributed by atoms with Crippen molar-refractivity contribution in [3.8, 4) is 46.0 Å². The van der Waals surface area contributed by atoms with Crippen molar-refractivity contribution in [3.05, 3.63) is 181 Å². The van der Waals surface area contributed by atoms with Gasteiger partial charge >= 0.3 is 0 Å². The highest BCUT2D eigenvalue weighted by Crippen LogP contribution is 2.37. The maximum Gasteiger partial charge on any atom is 0.160 e. The first-order chi connectivity index (χ1) is 25.7. The van der Waals surface area contributed by atoms with Gasteiger partial charge in [0.05, 0.1) is 34.7 Å². The molecule has 8 aromatic carbocycles. The molecule has 52 heavy (non-hydrogen) atoms. The van der Waals surface area contributed by atoms with Gasteiger partial charge in [-0.3, -0.25) is 0 Å². The minimum Gasteiger partial charge on any atom is -0.228 e. The monoisotopic (exact) mass is 660 g/mol.